The Bertz CT molecular complexity index is 976. The van der Waals surface area contributed by atoms with Crippen LogP contribution < -0.4 is 10.1 Å². The Morgan fingerprint density at radius 2 is 1.97 bits per heavy atom. The first-order chi connectivity index (χ1) is 13.8. The Morgan fingerprint density at radius 3 is 2.62 bits per heavy atom. The third kappa shape index (κ3) is 4.77. The van der Waals surface area contributed by atoms with Crippen molar-refractivity contribution < 1.29 is 19.4 Å². The second kappa shape index (κ2) is 8.94. The number of amidine groups is 1. The van der Waals surface area contributed by atoms with Gasteiger partial charge in [-0.1, -0.05) is 47.1 Å². The van der Waals surface area contributed by atoms with Gasteiger partial charge in [-0.3, -0.25) is 14.5 Å². The smallest absolute Gasteiger partial charge is 0.238 e. The molecule has 152 valence electrons. The van der Waals surface area contributed by atoms with E-state index in [1.807, 2.05) is 0 Å². The van der Waals surface area contributed by atoms with Crippen LogP contribution in [0.3, 0.4) is 0 Å². The minimum atomic E-state index is -0.676. The molecule has 3 rings (SSSR count). The maximum Gasteiger partial charge on any atom is 0.238 e. The number of para-hydroxylation sites is 2. The van der Waals surface area contributed by atoms with E-state index < -0.39 is 5.25 Å². The molecule has 1 fully saturated rings. The molecule has 2 aromatic carbocycles. The number of benzene rings is 2. The van der Waals surface area contributed by atoms with Gasteiger partial charge >= 0.3 is 0 Å². The van der Waals surface area contributed by atoms with Crippen molar-refractivity contribution in [2.24, 2.45) is 4.99 Å². The molecule has 0 aliphatic carbocycles. The summed E-state index contributed by atoms with van der Waals surface area (Å²) in [5.74, 6) is -0.312. The number of aromatic hydroxyl groups is 1. The van der Waals surface area contributed by atoms with Gasteiger partial charge in [0.15, 0.2) is 10.9 Å². The fourth-order valence-corrected chi connectivity index (χ4v) is 4.13. The van der Waals surface area contributed by atoms with Gasteiger partial charge in [-0.05, 0) is 24.3 Å². The summed E-state index contributed by atoms with van der Waals surface area (Å²) >= 11 is 13.0. The standard InChI is InChI=1S/C19H17Cl2N3O4S/c1-24-16(25)9-15(18(27)23-13-5-3-4-6-14(13)28-2)29-19(24)22-10-7-11(20)17(26)12(21)8-10/h3-8,15,26H,9H2,1-2H3,(H,23,27). The van der Waals surface area contributed by atoms with Crippen molar-refractivity contribution >= 4 is 63.3 Å². The van der Waals surface area contributed by atoms with Crippen LogP contribution >= 0.6 is 35.0 Å². The van der Waals surface area contributed by atoms with Crippen molar-refractivity contribution in [1.82, 2.24) is 4.90 Å². The van der Waals surface area contributed by atoms with Crippen LogP contribution in [0.2, 0.25) is 10.0 Å². The number of methoxy groups -OCH3 is 1. The molecule has 7 nitrogen and oxygen atoms in total. The van der Waals surface area contributed by atoms with E-state index in [4.69, 9.17) is 27.9 Å². The third-order valence-corrected chi connectivity index (χ3v) is 5.97. The quantitative estimate of drug-likeness (QED) is 0.719. The first-order valence-corrected chi connectivity index (χ1v) is 10.1. The number of nitrogens with one attached hydrogen (secondary N) is 1. The molecule has 2 amide bonds. The van der Waals surface area contributed by atoms with Gasteiger partial charge in [0.1, 0.15) is 11.0 Å². The number of hydrogen-bond acceptors (Lipinski definition) is 6. The Morgan fingerprint density at radius 1 is 1.31 bits per heavy atom. The van der Waals surface area contributed by atoms with Crippen LogP contribution in [0.5, 0.6) is 11.5 Å². The lowest BCUT2D eigenvalue weighted by Gasteiger charge is -2.29. The minimum Gasteiger partial charge on any atom is -0.505 e. The average molecular weight is 454 g/mol. The Labute approximate surface area is 181 Å². The topological polar surface area (TPSA) is 91.2 Å². The van der Waals surface area contributed by atoms with Gasteiger partial charge in [-0.2, -0.15) is 0 Å². The summed E-state index contributed by atoms with van der Waals surface area (Å²) in [6.45, 7) is 0. The predicted octanol–water partition coefficient (Wildman–Crippen LogP) is 4.30. The van der Waals surface area contributed by atoms with E-state index in [1.54, 1.807) is 31.3 Å². The summed E-state index contributed by atoms with van der Waals surface area (Å²) in [5.41, 5.74) is 0.869. The fourth-order valence-electron chi connectivity index (χ4n) is 2.59. The van der Waals surface area contributed by atoms with Gasteiger partial charge in [0, 0.05) is 13.5 Å². The molecule has 29 heavy (non-hydrogen) atoms. The first-order valence-electron chi connectivity index (χ1n) is 8.44. The zero-order valence-electron chi connectivity index (χ0n) is 15.5. The number of anilines is 1. The van der Waals surface area contributed by atoms with Crippen molar-refractivity contribution in [1.29, 1.82) is 0 Å². The predicted molar refractivity (Wildman–Crippen MR) is 116 cm³/mol. The van der Waals surface area contributed by atoms with E-state index in [2.05, 4.69) is 10.3 Å². The largest absolute Gasteiger partial charge is 0.505 e. The molecule has 1 saturated heterocycles. The summed E-state index contributed by atoms with van der Waals surface area (Å²) in [6.07, 6.45) is 0.0261. The molecule has 1 aliphatic heterocycles. The number of rotatable bonds is 4. The molecule has 1 aliphatic rings. The molecule has 10 heteroatoms. The average Bonchev–Trinajstić information content (AvgIpc) is 2.69. The zero-order chi connectivity index (χ0) is 21.1. The monoisotopic (exact) mass is 453 g/mol. The zero-order valence-corrected chi connectivity index (χ0v) is 17.8. The number of hydrogen-bond donors (Lipinski definition) is 2. The Hall–Kier alpha value is -2.42. The van der Waals surface area contributed by atoms with Gasteiger partial charge in [0.25, 0.3) is 0 Å². The van der Waals surface area contributed by atoms with E-state index in [0.717, 1.165) is 11.8 Å². The summed E-state index contributed by atoms with van der Waals surface area (Å²) in [5, 5.41) is 12.2. The van der Waals surface area contributed by atoms with E-state index in [9.17, 15) is 14.7 Å². The number of carbonyl (C=O) groups excluding carboxylic acids is 2. The van der Waals surface area contributed by atoms with Crippen LogP contribution in [-0.4, -0.2) is 46.4 Å². The molecule has 0 spiro atoms. The highest BCUT2D eigenvalue weighted by atomic mass is 35.5. The second-order valence-electron chi connectivity index (χ2n) is 6.11. The van der Waals surface area contributed by atoms with Crippen LogP contribution in [0.1, 0.15) is 6.42 Å². The number of ether oxygens (including phenoxy) is 1. The van der Waals surface area contributed by atoms with Gasteiger partial charge in [0.05, 0.1) is 28.5 Å². The fraction of sp³-hybridized carbons (Fsp3) is 0.211. The second-order valence-corrected chi connectivity index (χ2v) is 8.09. The van der Waals surface area contributed by atoms with E-state index in [1.165, 1.54) is 24.1 Å². The first kappa shape index (κ1) is 21.3. The lowest BCUT2D eigenvalue weighted by molar-refractivity contribution is -0.128. The number of aliphatic imine (C=N–C) groups is 1. The number of phenolic OH excluding ortho intramolecular Hbond substituents is 1. The molecule has 1 unspecified atom stereocenters. The van der Waals surface area contributed by atoms with Gasteiger partial charge in [-0.15, -0.1) is 0 Å². The Balaban J connectivity index is 1.84. The molecule has 2 N–H and O–H groups in total. The van der Waals surface area contributed by atoms with Crippen LogP contribution in [0.25, 0.3) is 0 Å². The maximum atomic E-state index is 12.8. The molecule has 1 heterocycles. The number of carbonyl (C=O) groups is 2. The highest BCUT2D eigenvalue weighted by Gasteiger charge is 2.34. The van der Waals surface area contributed by atoms with Crippen molar-refractivity contribution in [2.45, 2.75) is 11.7 Å². The molecule has 0 saturated carbocycles. The van der Waals surface area contributed by atoms with Crippen molar-refractivity contribution in [2.75, 3.05) is 19.5 Å². The molecule has 0 aromatic heterocycles. The summed E-state index contributed by atoms with van der Waals surface area (Å²) in [7, 11) is 3.09. The molecule has 0 radical (unpaired) electrons. The van der Waals surface area contributed by atoms with Crippen molar-refractivity contribution in [3.05, 3.63) is 46.4 Å². The van der Waals surface area contributed by atoms with Crippen molar-refractivity contribution in [3.8, 4) is 11.5 Å². The van der Waals surface area contributed by atoms with Crippen LogP contribution in [0.4, 0.5) is 11.4 Å². The lowest BCUT2D eigenvalue weighted by Crippen LogP contribution is -2.43. The lowest BCUT2D eigenvalue weighted by atomic mass is 10.2. The molecular formula is C19H17Cl2N3O4S. The van der Waals surface area contributed by atoms with E-state index in [0.29, 0.717) is 22.3 Å². The van der Waals surface area contributed by atoms with Crippen LogP contribution in [-0.2, 0) is 9.59 Å². The van der Waals surface area contributed by atoms with Crippen LogP contribution in [0.15, 0.2) is 41.4 Å². The summed E-state index contributed by atoms with van der Waals surface area (Å²) in [4.78, 5) is 30.9. The normalized spacial score (nSPS) is 18.1. The molecule has 2 aromatic rings. The van der Waals surface area contributed by atoms with E-state index >= 15 is 0 Å². The number of phenols is 1. The van der Waals surface area contributed by atoms with E-state index in [-0.39, 0.29) is 34.0 Å². The summed E-state index contributed by atoms with van der Waals surface area (Å²) in [6, 6.07) is 9.86. The highest BCUT2D eigenvalue weighted by molar-refractivity contribution is 8.15. The number of amides is 2. The Kier molecular flexibility index (Phi) is 6.56. The third-order valence-electron chi connectivity index (χ3n) is 4.15. The maximum absolute atomic E-state index is 12.8. The highest BCUT2D eigenvalue weighted by Crippen LogP contribution is 2.37. The van der Waals surface area contributed by atoms with Gasteiger partial charge in [0.2, 0.25) is 11.8 Å². The van der Waals surface area contributed by atoms with Crippen LogP contribution in [0, 0.1) is 0 Å². The number of nitrogens with zero attached hydrogens (tertiary/aromatic N) is 2. The van der Waals surface area contributed by atoms with Gasteiger partial charge < -0.3 is 15.2 Å². The minimum absolute atomic E-state index is 0.0261. The SMILES string of the molecule is COc1ccccc1NC(=O)C1CC(=O)N(C)C(=Nc2cc(Cl)c(O)c(Cl)c2)S1. The number of thioether (sulfide) groups is 1. The molecule has 1 atom stereocenters. The molecule has 0 bridgehead atoms. The van der Waals surface area contributed by atoms with Crippen molar-refractivity contribution in [3.63, 3.8) is 0 Å². The summed E-state index contributed by atoms with van der Waals surface area (Å²) < 4.78 is 5.24. The molecular weight excluding hydrogens is 437 g/mol. The van der Waals surface area contributed by atoms with Gasteiger partial charge in [-0.25, -0.2) is 4.99 Å². The number of halogens is 2.